The summed E-state index contributed by atoms with van der Waals surface area (Å²) in [6, 6.07) is 3.32. The predicted molar refractivity (Wildman–Crippen MR) is 146 cm³/mol. The van der Waals surface area contributed by atoms with Gasteiger partial charge < -0.3 is 30.9 Å². The SMILES string of the molecule is CCCC[C@H](NC(=O)/C=C(\C)c1ccc(OP(=O)(O)O)cc1)C(=O)N1CC[C@H](O)[C@H]1C(=O)N[C@H](C)CCC(N)=O. The molecule has 0 bridgehead atoms. The molecule has 0 aromatic heterocycles. The van der Waals surface area contributed by atoms with Gasteiger partial charge in [-0.3, -0.25) is 29.0 Å². The van der Waals surface area contributed by atoms with Crippen LogP contribution in [0.2, 0.25) is 0 Å². The monoisotopic (exact) mass is 582 g/mol. The molecule has 1 aliphatic rings. The number of unbranched alkanes of at least 4 members (excludes halogenated alkanes) is 1. The van der Waals surface area contributed by atoms with Crippen LogP contribution >= 0.6 is 7.82 Å². The topological polar surface area (TPSA) is 209 Å². The molecule has 40 heavy (non-hydrogen) atoms. The molecule has 1 heterocycles. The number of nitrogens with two attached hydrogens (primary N) is 1. The molecule has 14 heteroatoms. The van der Waals surface area contributed by atoms with Gasteiger partial charge in [0.1, 0.15) is 17.8 Å². The van der Waals surface area contributed by atoms with Gasteiger partial charge in [-0.25, -0.2) is 4.57 Å². The quantitative estimate of drug-likeness (QED) is 0.136. The number of rotatable bonds is 14. The van der Waals surface area contributed by atoms with Crippen molar-refractivity contribution in [1.82, 2.24) is 15.5 Å². The van der Waals surface area contributed by atoms with Crippen LogP contribution in [0.25, 0.3) is 5.57 Å². The molecule has 4 amide bonds. The van der Waals surface area contributed by atoms with Crippen molar-refractivity contribution in [1.29, 1.82) is 0 Å². The Morgan fingerprint density at radius 2 is 1.82 bits per heavy atom. The lowest BCUT2D eigenvalue weighted by Crippen LogP contribution is -2.56. The lowest BCUT2D eigenvalue weighted by atomic mass is 10.0. The van der Waals surface area contributed by atoms with Crippen LogP contribution in [0.3, 0.4) is 0 Å². The predicted octanol–water partition coefficient (Wildman–Crippen LogP) is 0.968. The molecule has 1 aromatic carbocycles. The first-order valence-corrected chi connectivity index (χ1v) is 14.7. The van der Waals surface area contributed by atoms with E-state index < -0.39 is 55.7 Å². The summed E-state index contributed by atoms with van der Waals surface area (Å²) in [4.78, 5) is 69.5. The maximum Gasteiger partial charge on any atom is 0.524 e. The average molecular weight is 583 g/mol. The summed E-state index contributed by atoms with van der Waals surface area (Å²) < 4.78 is 15.5. The molecule has 1 aliphatic heterocycles. The van der Waals surface area contributed by atoms with E-state index in [1.165, 1.54) is 35.2 Å². The number of primary amides is 1. The van der Waals surface area contributed by atoms with Gasteiger partial charge in [0.2, 0.25) is 23.6 Å². The number of amides is 4. The molecule has 0 radical (unpaired) electrons. The second-order valence-corrected chi connectivity index (χ2v) is 11.0. The van der Waals surface area contributed by atoms with Gasteiger partial charge in [-0.1, -0.05) is 31.9 Å². The van der Waals surface area contributed by atoms with Crippen LogP contribution < -0.4 is 20.9 Å². The van der Waals surface area contributed by atoms with Crippen LogP contribution in [0.5, 0.6) is 5.75 Å². The van der Waals surface area contributed by atoms with Crippen LogP contribution in [0, 0.1) is 0 Å². The van der Waals surface area contributed by atoms with Crippen molar-refractivity contribution in [2.45, 2.75) is 83.5 Å². The largest absolute Gasteiger partial charge is 0.524 e. The van der Waals surface area contributed by atoms with Gasteiger partial charge in [0, 0.05) is 25.1 Å². The number of phosphoric acid groups is 1. The summed E-state index contributed by atoms with van der Waals surface area (Å²) in [6.07, 6.45) is 2.56. The number of phosphoric ester groups is 1. The van der Waals surface area contributed by atoms with Gasteiger partial charge in [0.05, 0.1) is 6.10 Å². The molecule has 13 nitrogen and oxygen atoms in total. The van der Waals surface area contributed by atoms with E-state index in [4.69, 9.17) is 15.5 Å². The number of nitrogens with one attached hydrogen (secondary N) is 2. The van der Waals surface area contributed by atoms with Crippen molar-refractivity contribution in [3.63, 3.8) is 0 Å². The van der Waals surface area contributed by atoms with Gasteiger partial charge in [-0.2, -0.15) is 0 Å². The Bertz CT molecular complexity index is 1140. The highest BCUT2D eigenvalue weighted by molar-refractivity contribution is 7.46. The fraction of sp³-hybridized carbons (Fsp3) is 0.538. The van der Waals surface area contributed by atoms with Crippen LogP contribution in [-0.4, -0.2) is 74.2 Å². The van der Waals surface area contributed by atoms with Gasteiger partial charge in [-0.15, -0.1) is 0 Å². The fourth-order valence-electron chi connectivity index (χ4n) is 4.37. The van der Waals surface area contributed by atoms with Gasteiger partial charge in [0.15, 0.2) is 0 Å². The Balaban J connectivity index is 2.13. The molecular formula is C26H39N4O9P. The number of aliphatic hydroxyl groups excluding tert-OH is 1. The van der Waals surface area contributed by atoms with Crippen molar-refractivity contribution in [3.05, 3.63) is 35.9 Å². The van der Waals surface area contributed by atoms with E-state index in [0.29, 0.717) is 30.4 Å². The lowest BCUT2D eigenvalue weighted by molar-refractivity contribution is -0.143. The summed E-state index contributed by atoms with van der Waals surface area (Å²) in [5.41, 5.74) is 6.29. The van der Waals surface area contributed by atoms with Crippen LogP contribution in [-0.2, 0) is 23.7 Å². The number of benzene rings is 1. The van der Waals surface area contributed by atoms with E-state index in [9.17, 15) is 28.8 Å². The number of likely N-dealkylation sites (tertiary alicyclic amines) is 1. The van der Waals surface area contributed by atoms with E-state index >= 15 is 0 Å². The second kappa shape index (κ2) is 14.9. The fourth-order valence-corrected chi connectivity index (χ4v) is 4.77. The number of hydrogen-bond donors (Lipinski definition) is 6. The third kappa shape index (κ3) is 10.4. The Hall–Kier alpha value is -3.25. The maximum atomic E-state index is 13.5. The molecule has 0 unspecified atom stereocenters. The van der Waals surface area contributed by atoms with E-state index in [-0.39, 0.29) is 25.1 Å². The highest BCUT2D eigenvalue weighted by atomic mass is 31.2. The van der Waals surface area contributed by atoms with Crippen LogP contribution in [0.1, 0.15) is 64.9 Å². The normalized spacial score (nSPS) is 19.1. The van der Waals surface area contributed by atoms with E-state index in [1.54, 1.807) is 13.8 Å². The molecule has 0 saturated carbocycles. The van der Waals surface area contributed by atoms with Crippen molar-refractivity contribution in [3.8, 4) is 5.75 Å². The third-order valence-corrected chi connectivity index (χ3v) is 6.92. The van der Waals surface area contributed by atoms with Crippen molar-refractivity contribution in [2.75, 3.05) is 6.54 Å². The first-order chi connectivity index (χ1) is 18.7. The number of hydrogen-bond acceptors (Lipinski definition) is 7. The second-order valence-electron chi connectivity index (χ2n) is 9.88. The molecule has 4 atom stereocenters. The van der Waals surface area contributed by atoms with Crippen LogP contribution in [0.4, 0.5) is 0 Å². The molecular weight excluding hydrogens is 543 g/mol. The molecule has 222 valence electrons. The third-order valence-electron chi connectivity index (χ3n) is 6.47. The average Bonchev–Trinajstić information content (AvgIpc) is 3.25. The highest BCUT2D eigenvalue weighted by Crippen LogP contribution is 2.37. The zero-order chi connectivity index (χ0) is 30.0. The summed E-state index contributed by atoms with van der Waals surface area (Å²) in [5, 5.41) is 15.9. The van der Waals surface area contributed by atoms with Crippen molar-refractivity contribution in [2.24, 2.45) is 5.73 Å². The molecule has 1 fully saturated rings. The number of carbonyl (C=O) groups is 4. The molecule has 2 rings (SSSR count). The number of nitrogens with zero attached hydrogens (tertiary/aromatic N) is 1. The molecule has 1 aromatic rings. The Morgan fingerprint density at radius 3 is 2.40 bits per heavy atom. The summed E-state index contributed by atoms with van der Waals surface area (Å²) in [5.74, 6) is -2.09. The Morgan fingerprint density at radius 1 is 1.18 bits per heavy atom. The summed E-state index contributed by atoms with van der Waals surface area (Å²) in [7, 11) is -4.69. The van der Waals surface area contributed by atoms with Gasteiger partial charge in [-0.05, 0) is 56.4 Å². The van der Waals surface area contributed by atoms with E-state index in [2.05, 4.69) is 15.2 Å². The smallest absolute Gasteiger partial charge is 0.404 e. The Kier molecular flexibility index (Phi) is 12.3. The van der Waals surface area contributed by atoms with E-state index in [1.807, 2.05) is 6.92 Å². The summed E-state index contributed by atoms with van der Waals surface area (Å²) in [6.45, 7) is 5.45. The summed E-state index contributed by atoms with van der Waals surface area (Å²) >= 11 is 0. The lowest BCUT2D eigenvalue weighted by Gasteiger charge is -2.30. The van der Waals surface area contributed by atoms with Crippen LogP contribution in [0.15, 0.2) is 30.3 Å². The first kappa shape index (κ1) is 33.0. The molecule has 0 aliphatic carbocycles. The number of aliphatic hydroxyl groups is 1. The zero-order valence-electron chi connectivity index (χ0n) is 22.9. The Labute approximate surface area is 233 Å². The number of carbonyl (C=O) groups excluding carboxylic acids is 4. The standard InChI is InChI=1S/C26H39N4O9P/c1-4-5-6-20(29-23(33)15-16(2)18-8-10-19(11-9-18)39-40(36,37)38)26(35)30-14-13-21(31)24(30)25(34)28-17(3)7-12-22(27)32/h8-11,15,17,20-21,24,31H,4-7,12-14H2,1-3H3,(H2,27,32)(H,28,34)(H,29,33)(H2,36,37,38)/b16-15+/t17-,20+,21+,24+/m1/s1. The van der Waals surface area contributed by atoms with Gasteiger partial charge >= 0.3 is 7.82 Å². The van der Waals surface area contributed by atoms with Crippen molar-refractivity contribution >= 4 is 37.0 Å². The minimum absolute atomic E-state index is 0.0341. The number of allylic oxidation sites excluding steroid dienone is 1. The molecule has 1 saturated heterocycles. The highest BCUT2D eigenvalue weighted by Gasteiger charge is 2.43. The zero-order valence-corrected chi connectivity index (χ0v) is 23.8. The molecule has 0 spiro atoms. The maximum absolute atomic E-state index is 13.5. The van der Waals surface area contributed by atoms with Crippen molar-refractivity contribution < 1.29 is 43.2 Å². The van der Waals surface area contributed by atoms with E-state index in [0.717, 1.165) is 6.42 Å². The van der Waals surface area contributed by atoms with Gasteiger partial charge in [0.25, 0.3) is 0 Å². The first-order valence-electron chi connectivity index (χ1n) is 13.1. The minimum Gasteiger partial charge on any atom is -0.404 e. The molecule has 7 N–H and O–H groups in total. The minimum atomic E-state index is -4.69.